The molecule has 1 aromatic carbocycles. The molecule has 0 aromatic heterocycles. The Morgan fingerprint density at radius 1 is 1.27 bits per heavy atom. The number of carbonyl (C=O) groups excluding carboxylic acids is 1. The largest absolute Gasteiger partial charge is 0.380 e. The average Bonchev–Trinajstić information content (AvgIpc) is 2.32. The van der Waals surface area contributed by atoms with E-state index in [0.29, 0.717) is 0 Å². The van der Waals surface area contributed by atoms with Crippen molar-refractivity contribution < 1.29 is 4.79 Å². The zero-order chi connectivity index (χ0) is 11.0. The third-order valence-electron chi connectivity index (χ3n) is 3.20. The standard InChI is InChI=1S/C12H16N2O/c1-8-9(2)14(3)12(15)10-6-4-5-7-11(10)13-8/h4-9,13H,1-3H3. The maximum atomic E-state index is 12.1. The number of anilines is 1. The second-order valence-electron chi connectivity index (χ2n) is 4.14. The van der Waals surface area contributed by atoms with Crippen LogP contribution >= 0.6 is 0 Å². The molecule has 1 aliphatic heterocycles. The fraction of sp³-hybridized carbons (Fsp3) is 0.417. The molecule has 2 unspecified atom stereocenters. The van der Waals surface area contributed by atoms with Gasteiger partial charge in [-0.25, -0.2) is 0 Å². The highest BCUT2D eigenvalue weighted by atomic mass is 16.2. The number of hydrogen-bond acceptors (Lipinski definition) is 2. The Kier molecular flexibility index (Phi) is 2.39. The molecule has 0 saturated heterocycles. The third-order valence-corrected chi connectivity index (χ3v) is 3.20. The van der Waals surface area contributed by atoms with Crippen LogP contribution in [0.25, 0.3) is 0 Å². The third kappa shape index (κ3) is 1.58. The molecule has 1 aliphatic rings. The Bertz CT molecular complexity index is 389. The zero-order valence-corrected chi connectivity index (χ0v) is 9.32. The summed E-state index contributed by atoms with van der Waals surface area (Å²) in [5.74, 6) is 0.0925. The Balaban J connectivity index is 2.49. The van der Waals surface area contributed by atoms with Crippen molar-refractivity contribution in [2.24, 2.45) is 0 Å². The number of fused-ring (bicyclic) bond motifs is 1. The first-order chi connectivity index (χ1) is 7.11. The topological polar surface area (TPSA) is 32.3 Å². The smallest absolute Gasteiger partial charge is 0.256 e. The molecule has 0 spiro atoms. The molecule has 0 bridgehead atoms. The summed E-state index contributed by atoms with van der Waals surface area (Å²) in [7, 11) is 1.85. The highest BCUT2D eigenvalue weighted by Crippen LogP contribution is 2.23. The number of rotatable bonds is 0. The van der Waals surface area contributed by atoms with Gasteiger partial charge in [0.1, 0.15) is 0 Å². The minimum Gasteiger partial charge on any atom is -0.380 e. The van der Waals surface area contributed by atoms with Crippen LogP contribution in [0.4, 0.5) is 5.69 Å². The van der Waals surface area contributed by atoms with Gasteiger partial charge in [-0.1, -0.05) is 12.1 Å². The van der Waals surface area contributed by atoms with E-state index in [0.717, 1.165) is 11.3 Å². The van der Waals surface area contributed by atoms with Gasteiger partial charge in [-0.2, -0.15) is 0 Å². The Labute approximate surface area is 90.1 Å². The van der Waals surface area contributed by atoms with Crippen LogP contribution in [0.3, 0.4) is 0 Å². The van der Waals surface area contributed by atoms with Gasteiger partial charge in [-0.3, -0.25) is 4.79 Å². The molecule has 3 heteroatoms. The van der Waals surface area contributed by atoms with E-state index in [1.165, 1.54) is 0 Å². The molecule has 2 rings (SSSR count). The minimum absolute atomic E-state index is 0.0925. The molecule has 1 amide bonds. The molecule has 0 aliphatic carbocycles. The normalized spacial score (nSPS) is 25.5. The van der Waals surface area contributed by atoms with Crippen molar-refractivity contribution in [3.8, 4) is 0 Å². The summed E-state index contributed by atoms with van der Waals surface area (Å²) in [4.78, 5) is 13.9. The van der Waals surface area contributed by atoms with Crippen LogP contribution in [0.15, 0.2) is 24.3 Å². The van der Waals surface area contributed by atoms with Gasteiger partial charge in [0.15, 0.2) is 0 Å². The van der Waals surface area contributed by atoms with Gasteiger partial charge in [0, 0.05) is 24.8 Å². The summed E-state index contributed by atoms with van der Waals surface area (Å²) < 4.78 is 0. The second-order valence-corrected chi connectivity index (χ2v) is 4.14. The van der Waals surface area contributed by atoms with Crippen molar-refractivity contribution >= 4 is 11.6 Å². The Morgan fingerprint density at radius 2 is 1.93 bits per heavy atom. The molecule has 15 heavy (non-hydrogen) atoms. The number of amides is 1. The van der Waals surface area contributed by atoms with Crippen LogP contribution in [0, 0.1) is 0 Å². The van der Waals surface area contributed by atoms with Crippen LogP contribution in [0.5, 0.6) is 0 Å². The summed E-state index contributed by atoms with van der Waals surface area (Å²) in [6.07, 6.45) is 0. The van der Waals surface area contributed by atoms with Gasteiger partial charge < -0.3 is 10.2 Å². The molecule has 2 atom stereocenters. The Hall–Kier alpha value is -1.51. The Morgan fingerprint density at radius 3 is 2.67 bits per heavy atom. The maximum Gasteiger partial charge on any atom is 0.256 e. The highest BCUT2D eigenvalue weighted by molar-refractivity contribution is 6.00. The fourth-order valence-corrected chi connectivity index (χ4v) is 1.87. The second kappa shape index (κ2) is 3.57. The number of hydrogen-bond donors (Lipinski definition) is 1. The van der Waals surface area contributed by atoms with Crippen molar-refractivity contribution in [2.45, 2.75) is 25.9 Å². The monoisotopic (exact) mass is 204 g/mol. The molecule has 80 valence electrons. The van der Waals surface area contributed by atoms with E-state index < -0.39 is 0 Å². The average molecular weight is 204 g/mol. The number of nitrogens with one attached hydrogen (secondary N) is 1. The molecule has 3 nitrogen and oxygen atoms in total. The first-order valence-electron chi connectivity index (χ1n) is 5.24. The maximum absolute atomic E-state index is 12.1. The first kappa shape index (κ1) is 10.0. The molecule has 0 saturated carbocycles. The number of carbonyl (C=O) groups is 1. The summed E-state index contributed by atoms with van der Waals surface area (Å²) in [6, 6.07) is 8.13. The lowest BCUT2D eigenvalue weighted by atomic mass is 10.1. The molecule has 1 heterocycles. The molecular weight excluding hydrogens is 188 g/mol. The number of para-hydroxylation sites is 1. The van der Waals surface area contributed by atoms with Gasteiger partial charge in [-0.15, -0.1) is 0 Å². The number of benzene rings is 1. The molecule has 1 aromatic rings. The van der Waals surface area contributed by atoms with Gasteiger partial charge in [0.25, 0.3) is 5.91 Å². The van der Waals surface area contributed by atoms with E-state index in [4.69, 9.17) is 0 Å². The summed E-state index contributed by atoms with van der Waals surface area (Å²) >= 11 is 0. The van der Waals surface area contributed by atoms with Gasteiger partial charge >= 0.3 is 0 Å². The van der Waals surface area contributed by atoms with Gasteiger partial charge in [0.2, 0.25) is 0 Å². The molecule has 1 N–H and O–H groups in total. The lowest BCUT2D eigenvalue weighted by Crippen LogP contribution is -2.41. The van der Waals surface area contributed by atoms with Crippen LogP contribution < -0.4 is 5.32 Å². The van der Waals surface area contributed by atoms with E-state index in [1.54, 1.807) is 4.90 Å². The van der Waals surface area contributed by atoms with E-state index in [2.05, 4.69) is 19.2 Å². The summed E-state index contributed by atoms with van der Waals surface area (Å²) in [5, 5.41) is 3.37. The van der Waals surface area contributed by atoms with Crippen LogP contribution in [-0.2, 0) is 0 Å². The molecule has 0 radical (unpaired) electrons. The van der Waals surface area contributed by atoms with Crippen molar-refractivity contribution in [3.05, 3.63) is 29.8 Å². The summed E-state index contributed by atoms with van der Waals surface area (Å²) in [5.41, 5.74) is 1.70. The van der Waals surface area contributed by atoms with Crippen molar-refractivity contribution in [3.63, 3.8) is 0 Å². The van der Waals surface area contributed by atoms with Crippen LogP contribution in [0.1, 0.15) is 24.2 Å². The lowest BCUT2D eigenvalue weighted by Gasteiger charge is -2.26. The lowest BCUT2D eigenvalue weighted by molar-refractivity contribution is 0.0741. The van der Waals surface area contributed by atoms with E-state index in [-0.39, 0.29) is 18.0 Å². The predicted octanol–water partition coefficient (Wildman–Crippen LogP) is 1.96. The van der Waals surface area contributed by atoms with Gasteiger partial charge in [-0.05, 0) is 26.0 Å². The quantitative estimate of drug-likeness (QED) is 0.700. The number of likely N-dealkylation sites (N-methyl/N-ethyl adjacent to an activating group) is 1. The van der Waals surface area contributed by atoms with E-state index in [1.807, 2.05) is 31.3 Å². The van der Waals surface area contributed by atoms with E-state index in [9.17, 15) is 4.79 Å². The molecular formula is C12H16N2O. The van der Waals surface area contributed by atoms with E-state index >= 15 is 0 Å². The van der Waals surface area contributed by atoms with Crippen molar-refractivity contribution in [1.29, 1.82) is 0 Å². The minimum atomic E-state index is 0.0925. The van der Waals surface area contributed by atoms with Crippen LogP contribution in [0.2, 0.25) is 0 Å². The zero-order valence-electron chi connectivity index (χ0n) is 9.32. The number of nitrogens with zero attached hydrogens (tertiary/aromatic N) is 1. The predicted molar refractivity (Wildman–Crippen MR) is 61.1 cm³/mol. The highest BCUT2D eigenvalue weighted by Gasteiger charge is 2.27. The SMILES string of the molecule is CC1Nc2ccccc2C(=O)N(C)C1C. The first-order valence-corrected chi connectivity index (χ1v) is 5.24. The summed E-state index contributed by atoms with van der Waals surface area (Å²) in [6.45, 7) is 4.15. The van der Waals surface area contributed by atoms with Crippen LogP contribution in [-0.4, -0.2) is 29.9 Å². The fourth-order valence-electron chi connectivity index (χ4n) is 1.87. The van der Waals surface area contributed by atoms with Crippen molar-refractivity contribution in [1.82, 2.24) is 4.90 Å². The molecule has 0 fully saturated rings. The van der Waals surface area contributed by atoms with Crippen molar-refractivity contribution in [2.75, 3.05) is 12.4 Å². The van der Waals surface area contributed by atoms with Gasteiger partial charge in [0.05, 0.1) is 5.56 Å².